The van der Waals surface area contributed by atoms with Crippen molar-refractivity contribution in [1.82, 2.24) is 14.1 Å². The average Bonchev–Trinajstić information content (AvgIpc) is 3.01. The van der Waals surface area contributed by atoms with E-state index in [1.165, 1.54) is 20.0 Å². The lowest BCUT2D eigenvalue weighted by atomic mass is 10.1. The first-order chi connectivity index (χ1) is 12.0. The third kappa shape index (κ3) is 3.14. The van der Waals surface area contributed by atoms with Crippen molar-refractivity contribution < 1.29 is 38.4 Å². The van der Waals surface area contributed by atoms with E-state index >= 15 is 0 Å². The van der Waals surface area contributed by atoms with Gasteiger partial charge in [0.1, 0.15) is 18.3 Å². The van der Waals surface area contributed by atoms with Crippen molar-refractivity contribution in [2.75, 3.05) is 12.3 Å². The van der Waals surface area contributed by atoms with Crippen molar-refractivity contribution in [2.24, 2.45) is 14.1 Å². The van der Waals surface area contributed by atoms with Gasteiger partial charge in [-0.3, -0.25) is 13.9 Å². The Morgan fingerprint density at radius 1 is 1.42 bits per heavy atom. The van der Waals surface area contributed by atoms with Gasteiger partial charge in [-0.25, -0.2) is 9.13 Å². The molecule has 4 atom stereocenters. The molecule has 1 aliphatic rings. The van der Waals surface area contributed by atoms with Crippen LogP contribution in [0.15, 0.2) is 11.1 Å². The molecule has 3 heterocycles. The molecule has 0 saturated carbocycles. The number of aromatic nitrogens is 4. The molecule has 1 saturated heterocycles. The minimum absolute atomic E-state index is 0.0585. The Balaban J connectivity index is 2.02. The summed E-state index contributed by atoms with van der Waals surface area (Å²) in [5.41, 5.74) is 5.63. The van der Waals surface area contributed by atoms with Crippen LogP contribution in [0.1, 0.15) is 6.23 Å². The van der Waals surface area contributed by atoms with Crippen LogP contribution < -0.4 is 15.9 Å². The normalized spacial score (nSPS) is 26.7. The second-order valence-electron chi connectivity index (χ2n) is 5.97. The third-order valence-corrected chi connectivity index (χ3v) is 4.69. The van der Waals surface area contributed by atoms with Crippen molar-refractivity contribution in [3.63, 3.8) is 0 Å². The molecule has 13 nitrogen and oxygen atoms in total. The summed E-state index contributed by atoms with van der Waals surface area (Å²) >= 11 is 0. The van der Waals surface area contributed by atoms with Crippen LogP contribution in [-0.2, 0) is 27.9 Å². The lowest BCUT2D eigenvalue weighted by molar-refractivity contribution is -0.646. The number of nitrogens with two attached hydrogens (primary N) is 1. The Labute approximate surface area is 146 Å². The summed E-state index contributed by atoms with van der Waals surface area (Å²) in [6.07, 6.45) is -3.79. The molecule has 0 radical (unpaired) electrons. The monoisotopic (exact) mass is 392 g/mol. The minimum atomic E-state index is -4.77. The van der Waals surface area contributed by atoms with Gasteiger partial charge < -0.3 is 30.5 Å². The van der Waals surface area contributed by atoms with Gasteiger partial charge in [0.2, 0.25) is 18.5 Å². The first-order valence-electron chi connectivity index (χ1n) is 7.45. The highest BCUT2D eigenvalue weighted by molar-refractivity contribution is 7.46. The van der Waals surface area contributed by atoms with Crippen molar-refractivity contribution in [2.45, 2.75) is 24.5 Å². The van der Waals surface area contributed by atoms with E-state index < -0.39 is 44.5 Å². The average molecular weight is 392 g/mol. The van der Waals surface area contributed by atoms with E-state index in [-0.39, 0.29) is 17.1 Å². The highest BCUT2D eigenvalue weighted by atomic mass is 31.2. The van der Waals surface area contributed by atoms with Crippen molar-refractivity contribution in [3.8, 4) is 0 Å². The second-order valence-corrected chi connectivity index (χ2v) is 7.21. The van der Waals surface area contributed by atoms with E-state index in [2.05, 4.69) is 9.51 Å². The van der Waals surface area contributed by atoms with Crippen LogP contribution >= 0.6 is 7.82 Å². The van der Waals surface area contributed by atoms with Crippen molar-refractivity contribution in [1.29, 1.82) is 0 Å². The summed E-state index contributed by atoms with van der Waals surface area (Å²) in [7, 11) is -1.62. The standard InChI is InChI=1S/C12H18N5O8P/c1-15-4-17(10-6(15)9(20)14-12(13)16(10)2)11-8(19)7(18)5(25-11)3-24-26(21,22)23/h4-5,7-8,11,18-19H,3H2,1-2H3,(H3-,13,14,20,21,22,23)/p+1/t5-,7-,8-,11-/m1/s1. The molecule has 1 fully saturated rings. The number of rotatable bonds is 4. The van der Waals surface area contributed by atoms with Crippen LogP contribution in [0.3, 0.4) is 0 Å². The van der Waals surface area contributed by atoms with Crippen molar-refractivity contribution in [3.05, 3.63) is 16.7 Å². The molecule has 0 amide bonds. The molecule has 0 aromatic carbocycles. The summed E-state index contributed by atoms with van der Waals surface area (Å²) in [5, 5.41) is 20.4. The lowest BCUT2D eigenvalue weighted by Gasteiger charge is -2.14. The Morgan fingerprint density at radius 3 is 2.69 bits per heavy atom. The van der Waals surface area contributed by atoms with Crippen LogP contribution in [0.4, 0.5) is 5.95 Å². The first kappa shape index (κ1) is 18.9. The maximum atomic E-state index is 12.1. The topological polar surface area (TPSA) is 186 Å². The highest BCUT2D eigenvalue weighted by Crippen LogP contribution is 2.38. The Hall–Kier alpha value is -1.86. The van der Waals surface area contributed by atoms with E-state index in [9.17, 15) is 19.6 Å². The first-order valence-corrected chi connectivity index (χ1v) is 8.98. The van der Waals surface area contributed by atoms with Gasteiger partial charge in [0.05, 0.1) is 13.7 Å². The number of hydrogen-bond donors (Lipinski definition) is 5. The molecule has 0 spiro atoms. The Morgan fingerprint density at radius 2 is 2.08 bits per heavy atom. The molecular formula is C12H19N5O8P+. The highest BCUT2D eigenvalue weighted by Gasteiger charge is 2.48. The Kier molecular flexibility index (Phi) is 4.65. The lowest BCUT2D eigenvalue weighted by Crippen LogP contribution is -2.34. The number of phosphoric ester groups is 1. The number of nitrogen functional groups attached to an aromatic ring is 1. The van der Waals surface area contributed by atoms with Gasteiger partial charge in [-0.1, -0.05) is 0 Å². The summed E-state index contributed by atoms with van der Waals surface area (Å²) in [4.78, 5) is 33.4. The van der Waals surface area contributed by atoms with Gasteiger partial charge in [0.15, 0.2) is 0 Å². The van der Waals surface area contributed by atoms with Gasteiger partial charge in [-0.15, -0.1) is 0 Å². The third-order valence-electron chi connectivity index (χ3n) is 4.21. The molecule has 3 rings (SSSR count). The molecule has 1 aliphatic heterocycles. The predicted molar refractivity (Wildman–Crippen MR) is 84.5 cm³/mol. The fourth-order valence-electron chi connectivity index (χ4n) is 2.95. The zero-order valence-corrected chi connectivity index (χ0v) is 14.7. The fourth-order valence-corrected chi connectivity index (χ4v) is 3.29. The van der Waals surface area contributed by atoms with Crippen LogP contribution in [0.2, 0.25) is 0 Å². The molecule has 26 heavy (non-hydrogen) atoms. The van der Waals surface area contributed by atoms with Gasteiger partial charge in [-0.2, -0.15) is 9.55 Å². The van der Waals surface area contributed by atoms with Gasteiger partial charge in [0, 0.05) is 7.05 Å². The number of phosphoric acid groups is 1. The van der Waals surface area contributed by atoms with Gasteiger partial charge in [0.25, 0.3) is 11.2 Å². The summed E-state index contributed by atoms with van der Waals surface area (Å²) in [5.74, 6) is -0.0585. The van der Waals surface area contributed by atoms with E-state index in [0.29, 0.717) is 0 Å². The molecule has 14 heteroatoms. The number of aryl methyl sites for hydroxylation is 2. The number of anilines is 1. The van der Waals surface area contributed by atoms with E-state index in [1.54, 1.807) is 14.1 Å². The SMILES string of the molecule is Cn1c(N)nc(=O)c2c1n([C@@H]1O[C@H](COP(=O)(O)O)[C@@H](O)[C@H]1O)c[n+]2C. The smallest absolute Gasteiger partial charge is 0.387 e. The van der Waals surface area contributed by atoms with Gasteiger partial charge >= 0.3 is 13.4 Å². The maximum absolute atomic E-state index is 12.1. The molecule has 2 aromatic heterocycles. The van der Waals surface area contributed by atoms with Crippen LogP contribution in [0.5, 0.6) is 0 Å². The largest absolute Gasteiger partial charge is 0.469 e. The van der Waals surface area contributed by atoms with E-state index in [4.69, 9.17) is 20.3 Å². The summed E-state index contributed by atoms with van der Waals surface area (Å²) in [6, 6.07) is 0. The predicted octanol–water partition coefficient (Wildman–Crippen LogP) is -3.13. The zero-order chi connectivity index (χ0) is 19.4. The number of aliphatic hydroxyl groups excluding tert-OH is 2. The van der Waals surface area contributed by atoms with Crippen LogP contribution in [-0.4, -0.2) is 59.0 Å². The number of nitrogens with zero attached hydrogens (tertiary/aromatic N) is 4. The number of fused-ring (bicyclic) bond motifs is 1. The zero-order valence-electron chi connectivity index (χ0n) is 13.8. The fraction of sp³-hybridized carbons (Fsp3) is 0.583. The van der Waals surface area contributed by atoms with Gasteiger partial charge in [-0.05, 0) is 0 Å². The van der Waals surface area contributed by atoms with Crippen LogP contribution in [0, 0.1) is 0 Å². The number of hydrogen-bond acceptors (Lipinski definition) is 8. The molecule has 0 bridgehead atoms. The molecular weight excluding hydrogens is 373 g/mol. The van der Waals surface area contributed by atoms with Crippen LogP contribution in [0.25, 0.3) is 11.2 Å². The van der Waals surface area contributed by atoms with E-state index in [1.807, 2.05) is 0 Å². The number of ether oxygens (including phenoxy) is 1. The van der Waals surface area contributed by atoms with E-state index in [0.717, 1.165) is 0 Å². The number of aliphatic hydroxyl groups is 2. The quantitative estimate of drug-likeness (QED) is 0.263. The summed E-state index contributed by atoms with van der Waals surface area (Å²) < 4.78 is 25.0. The molecule has 2 aromatic rings. The maximum Gasteiger partial charge on any atom is 0.469 e. The Bertz CT molecular complexity index is 951. The molecule has 0 aliphatic carbocycles. The van der Waals surface area contributed by atoms with Crippen molar-refractivity contribution >= 4 is 24.9 Å². The second kappa shape index (κ2) is 6.39. The minimum Gasteiger partial charge on any atom is -0.387 e. The molecule has 6 N–H and O–H groups in total. The molecule has 0 unspecified atom stereocenters. The summed E-state index contributed by atoms with van der Waals surface area (Å²) in [6.45, 7) is -0.632. The molecule has 144 valence electrons. The number of imidazole rings is 1.